The van der Waals surface area contributed by atoms with Crippen LogP contribution < -0.4 is 5.32 Å². The molecular formula is C14H18ClN3O4S. The number of nitrogens with zero attached hydrogens (tertiary/aromatic N) is 2. The lowest BCUT2D eigenvalue weighted by Gasteiger charge is -2.32. The average Bonchev–Trinajstić information content (AvgIpc) is 2.96. The van der Waals surface area contributed by atoms with E-state index in [1.165, 1.54) is 23.3 Å². The molecule has 1 aromatic heterocycles. The van der Waals surface area contributed by atoms with Crippen LogP contribution in [-0.4, -0.2) is 60.9 Å². The smallest absolute Gasteiger partial charge is 0.324 e. The Morgan fingerprint density at radius 3 is 2.70 bits per heavy atom. The highest BCUT2D eigenvalue weighted by Crippen LogP contribution is 2.28. The predicted octanol–water partition coefficient (Wildman–Crippen LogP) is 1.49. The van der Waals surface area contributed by atoms with Crippen LogP contribution in [-0.2, 0) is 14.3 Å². The summed E-state index contributed by atoms with van der Waals surface area (Å²) in [5.74, 6) is -1.45. The second-order valence-electron chi connectivity index (χ2n) is 4.89. The maximum absolute atomic E-state index is 12.2. The molecular weight excluding hydrogens is 342 g/mol. The van der Waals surface area contributed by atoms with E-state index < -0.39 is 17.8 Å². The number of likely N-dealkylation sites (N-methyl/N-ethyl adjacent to an activating group) is 1. The molecule has 1 atom stereocenters. The number of carbonyl (C=O) groups excluding carboxylic acids is 3. The van der Waals surface area contributed by atoms with E-state index in [9.17, 15) is 14.4 Å². The highest BCUT2D eigenvalue weighted by Gasteiger charge is 2.35. The van der Waals surface area contributed by atoms with Crippen molar-refractivity contribution in [3.8, 4) is 0 Å². The van der Waals surface area contributed by atoms with Crippen molar-refractivity contribution >= 4 is 40.8 Å². The van der Waals surface area contributed by atoms with Gasteiger partial charge in [0.15, 0.2) is 0 Å². The summed E-state index contributed by atoms with van der Waals surface area (Å²) in [4.78, 5) is 39.1. The first-order valence-electron chi connectivity index (χ1n) is 7.14. The fourth-order valence-corrected chi connectivity index (χ4v) is 3.39. The molecule has 1 fully saturated rings. The normalized spacial score (nSPS) is 16.7. The Labute approximate surface area is 143 Å². The van der Waals surface area contributed by atoms with Gasteiger partial charge in [-0.15, -0.1) is 11.3 Å². The summed E-state index contributed by atoms with van der Waals surface area (Å²) in [5.41, 5.74) is 0. The summed E-state index contributed by atoms with van der Waals surface area (Å²) in [6.45, 7) is 2.96. The molecule has 0 unspecified atom stereocenters. The average molecular weight is 360 g/mol. The maximum Gasteiger partial charge on any atom is 0.324 e. The van der Waals surface area contributed by atoms with Gasteiger partial charge in [-0.05, 0) is 19.1 Å². The highest BCUT2D eigenvalue weighted by atomic mass is 35.5. The molecule has 1 saturated heterocycles. The molecule has 1 N–H and O–H groups in total. The Bertz CT molecular complexity index is 607. The van der Waals surface area contributed by atoms with Gasteiger partial charge in [0.25, 0.3) is 0 Å². The molecule has 1 aliphatic rings. The van der Waals surface area contributed by atoms with Gasteiger partial charge < -0.3 is 15.0 Å². The highest BCUT2D eigenvalue weighted by molar-refractivity contribution is 7.16. The predicted molar refractivity (Wildman–Crippen MR) is 86.4 cm³/mol. The van der Waals surface area contributed by atoms with Gasteiger partial charge in [0.1, 0.15) is 6.10 Å². The van der Waals surface area contributed by atoms with E-state index in [0.717, 1.165) is 9.78 Å². The molecule has 0 radical (unpaired) electrons. The fraction of sp³-hybridized carbons (Fsp3) is 0.500. The number of hydrogen-bond donors (Lipinski definition) is 1. The number of hydrogen-bond acceptors (Lipinski definition) is 5. The Kier molecular flexibility index (Phi) is 5.97. The summed E-state index contributed by atoms with van der Waals surface area (Å²) in [6, 6.07) is 2.98. The number of rotatable bonds is 5. The minimum atomic E-state index is -0.802. The number of piperazine rings is 1. The first-order chi connectivity index (χ1) is 11.0. The molecule has 4 amide bonds. The van der Waals surface area contributed by atoms with Crippen LogP contribution in [0.4, 0.5) is 4.79 Å². The molecule has 2 heterocycles. The second-order valence-corrected chi connectivity index (χ2v) is 6.64. The van der Waals surface area contributed by atoms with Crippen molar-refractivity contribution in [3.63, 3.8) is 0 Å². The number of amides is 4. The van der Waals surface area contributed by atoms with E-state index >= 15 is 0 Å². The van der Waals surface area contributed by atoms with Crippen molar-refractivity contribution in [2.75, 3.05) is 33.3 Å². The van der Waals surface area contributed by atoms with Crippen LogP contribution in [0.25, 0.3) is 0 Å². The van der Waals surface area contributed by atoms with Crippen molar-refractivity contribution in [1.29, 1.82) is 0 Å². The zero-order valence-corrected chi connectivity index (χ0v) is 14.4. The molecule has 7 nitrogen and oxygen atoms in total. The van der Waals surface area contributed by atoms with E-state index in [2.05, 4.69) is 5.32 Å². The summed E-state index contributed by atoms with van der Waals surface area (Å²) >= 11 is 7.25. The van der Waals surface area contributed by atoms with E-state index in [1.54, 1.807) is 13.0 Å². The molecule has 0 bridgehead atoms. The SMILES string of the molecule is CCN1CCN(C(=O)NC[C@H](OC)c2ccc(Cl)s2)C(=O)C1=O. The van der Waals surface area contributed by atoms with Gasteiger partial charge in [0.2, 0.25) is 0 Å². The molecule has 2 rings (SSSR count). The minimum Gasteiger partial charge on any atom is -0.374 e. The number of carbonyl (C=O) groups is 3. The topological polar surface area (TPSA) is 79.0 Å². The molecule has 23 heavy (non-hydrogen) atoms. The molecule has 0 aliphatic carbocycles. The Hall–Kier alpha value is -1.64. The van der Waals surface area contributed by atoms with Crippen LogP contribution in [0.1, 0.15) is 17.9 Å². The van der Waals surface area contributed by atoms with Gasteiger partial charge in [-0.1, -0.05) is 11.6 Å². The maximum atomic E-state index is 12.2. The van der Waals surface area contributed by atoms with Gasteiger partial charge in [-0.2, -0.15) is 0 Å². The first-order valence-corrected chi connectivity index (χ1v) is 8.34. The third-order valence-electron chi connectivity index (χ3n) is 3.57. The Morgan fingerprint density at radius 1 is 1.39 bits per heavy atom. The summed E-state index contributed by atoms with van der Waals surface area (Å²) in [6.07, 6.45) is -0.362. The molecule has 0 spiro atoms. The number of urea groups is 1. The minimum absolute atomic E-state index is 0.182. The van der Waals surface area contributed by atoms with Crippen LogP contribution in [0.5, 0.6) is 0 Å². The number of nitrogens with one attached hydrogen (secondary N) is 1. The monoisotopic (exact) mass is 359 g/mol. The van der Waals surface area contributed by atoms with Crippen LogP contribution in [0, 0.1) is 0 Å². The summed E-state index contributed by atoms with van der Waals surface area (Å²) < 4.78 is 5.96. The Morgan fingerprint density at radius 2 is 2.13 bits per heavy atom. The lowest BCUT2D eigenvalue weighted by atomic mass is 10.3. The van der Waals surface area contributed by atoms with Gasteiger partial charge in [0, 0.05) is 31.6 Å². The number of halogens is 1. The van der Waals surface area contributed by atoms with Gasteiger partial charge in [-0.25, -0.2) is 4.79 Å². The molecule has 126 valence electrons. The Balaban J connectivity index is 1.94. The van der Waals surface area contributed by atoms with Crippen molar-refractivity contribution in [2.45, 2.75) is 13.0 Å². The summed E-state index contributed by atoms with van der Waals surface area (Å²) in [7, 11) is 1.53. The fourth-order valence-electron chi connectivity index (χ4n) is 2.25. The van der Waals surface area contributed by atoms with Gasteiger partial charge >= 0.3 is 17.8 Å². The van der Waals surface area contributed by atoms with Crippen molar-refractivity contribution < 1.29 is 19.1 Å². The number of imide groups is 1. The van der Waals surface area contributed by atoms with Crippen LogP contribution in [0.15, 0.2) is 12.1 Å². The lowest BCUT2D eigenvalue weighted by molar-refractivity contribution is -0.153. The van der Waals surface area contributed by atoms with E-state index in [0.29, 0.717) is 17.4 Å². The van der Waals surface area contributed by atoms with E-state index in [4.69, 9.17) is 16.3 Å². The van der Waals surface area contributed by atoms with Crippen LogP contribution >= 0.6 is 22.9 Å². The molecule has 1 aromatic rings. The standard InChI is InChI=1S/C14H18ClN3O4S/c1-3-17-6-7-18(13(20)12(17)19)14(21)16-8-9(22-2)10-4-5-11(15)23-10/h4-5,9H,3,6-8H2,1-2H3,(H,16,21)/t9-/m0/s1. The van der Waals surface area contributed by atoms with Gasteiger partial charge in [0.05, 0.1) is 10.9 Å². The number of ether oxygens (including phenoxy) is 1. The van der Waals surface area contributed by atoms with E-state index in [1.807, 2.05) is 6.07 Å². The number of thiophene rings is 1. The third kappa shape index (κ3) is 4.01. The second kappa shape index (κ2) is 7.76. The van der Waals surface area contributed by atoms with Crippen LogP contribution in [0.3, 0.4) is 0 Å². The van der Waals surface area contributed by atoms with Crippen molar-refractivity contribution in [3.05, 3.63) is 21.3 Å². The zero-order valence-electron chi connectivity index (χ0n) is 12.9. The van der Waals surface area contributed by atoms with Crippen LogP contribution in [0.2, 0.25) is 4.34 Å². The van der Waals surface area contributed by atoms with Gasteiger partial charge in [-0.3, -0.25) is 14.5 Å². The van der Waals surface area contributed by atoms with Crippen molar-refractivity contribution in [1.82, 2.24) is 15.1 Å². The molecule has 9 heteroatoms. The van der Waals surface area contributed by atoms with E-state index in [-0.39, 0.29) is 19.2 Å². The number of methoxy groups -OCH3 is 1. The quantitative estimate of drug-likeness (QED) is 0.808. The zero-order chi connectivity index (χ0) is 17.0. The third-order valence-corrected chi connectivity index (χ3v) is 4.89. The molecule has 1 aliphatic heterocycles. The molecule has 0 saturated carbocycles. The molecule has 0 aromatic carbocycles. The first kappa shape index (κ1) is 17.7. The summed E-state index contributed by atoms with van der Waals surface area (Å²) in [5, 5.41) is 2.63. The van der Waals surface area contributed by atoms with Crippen molar-refractivity contribution in [2.24, 2.45) is 0 Å². The largest absolute Gasteiger partial charge is 0.374 e. The lowest BCUT2D eigenvalue weighted by Crippen LogP contribution is -2.58.